The Morgan fingerprint density at radius 3 is 2.48 bits per heavy atom. The second-order valence-electron chi connectivity index (χ2n) is 6.42. The van der Waals surface area contributed by atoms with Crippen LogP contribution in [-0.2, 0) is 13.6 Å². The maximum atomic E-state index is 4.78. The third-order valence-corrected chi connectivity index (χ3v) is 4.89. The van der Waals surface area contributed by atoms with E-state index >= 15 is 0 Å². The Morgan fingerprint density at radius 1 is 1.00 bits per heavy atom. The van der Waals surface area contributed by atoms with Crippen LogP contribution in [0.4, 0.5) is 0 Å². The van der Waals surface area contributed by atoms with Crippen LogP contribution in [-0.4, -0.2) is 34.1 Å². The number of rotatable bonds is 6. The van der Waals surface area contributed by atoms with Gasteiger partial charge in [0.1, 0.15) is 12.0 Å². The molecular formula is C20H23N7. The van der Waals surface area contributed by atoms with Crippen molar-refractivity contribution in [2.45, 2.75) is 32.9 Å². The highest BCUT2D eigenvalue weighted by Gasteiger charge is 2.25. The Hall–Kier alpha value is -3.22. The highest BCUT2D eigenvalue weighted by atomic mass is 15.3. The summed E-state index contributed by atoms with van der Waals surface area (Å²) in [5.41, 5.74) is 4.10. The lowest BCUT2D eigenvalue weighted by atomic mass is 10.1. The molecule has 0 bridgehead atoms. The van der Waals surface area contributed by atoms with E-state index in [9.17, 15) is 0 Å². The summed E-state index contributed by atoms with van der Waals surface area (Å²) >= 11 is 0. The Bertz CT molecular complexity index is 1030. The van der Waals surface area contributed by atoms with Gasteiger partial charge in [0.25, 0.3) is 0 Å². The topological polar surface area (TPSA) is 66.3 Å². The fourth-order valence-electron chi connectivity index (χ4n) is 3.56. The van der Waals surface area contributed by atoms with Crippen molar-refractivity contribution in [3.8, 4) is 22.8 Å². The first-order valence-corrected chi connectivity index (χ1v) is 9.22. The van der Waals surface area contributed by atoms with Gasteiger partial charge in [-0.25, -0.2) is 14.6 Å². The molecule has 1 aromatic carbocycles. The summed E-state index contributed by atoms with van der Waals surface area (Å²) in [6.45, 7) is 4.99. The summed E-state index contributed by atoms with van der Waals surface area (Å²) in [7, 11) is 1.97. The summed E-state index contributed by atoms with van der Waals surface area (Å²) in [5, 5.41) is 8.73. The normalized spacial score (nSPS) is 12.4. The molecule has 1 atom stereocenters. The van der Waals surface area contributed by atoms with Crippen molar-refractivity contribution in [2.75, 3.05) is 0 Å². The van der Waals surface area contributed by atoms with Crippen LogP contribution in [0, 0.1) is 0 Å². The average molecular weight is 361 g/mol. The van der Waals surface area contributed by atoms with Crippen LogP contribution in [0.25, 0.3) is 22.8 Å². The zero-order valence-electron chi connectivity index (χ0n) is 15.8. The van der Waals surface area contributed by atoms with Crippen LogP contribution in [0.15, 0.2) is 55.2 Å². The van der Waals surface area contributed by atoms with Crippen LogP contribution in [0.1, 0.15) is 32.0 Å². The van der Waals surface area contributed by atoms with Crippen LogP contribution < -0.4 is 0 Å². The predicted molar refractivity (Wildman–Crippen MR) is 104 cm³/mol. The molecule has 4 rings (SSSR count). The molecule has 27 heavy (non-hydrogen) atoms. The molecule has 0 fully saturated rings. The summed E-state index contributed by atoms with van der Waals surface area (Å²) in [6, 6.07) is 12.4. The Balaban J connectivity index is 1.95. The van der Waals surface area contributed by atoms with Gasteiger partial charge < -0.3 is 4.57 Å². The van der Waals surface area contributed by atoms with Gasteiger partial charge in [-0.1, -0.05) is 37.3 Å². The van der Waals surface area contributed by atoms with Crippen molar-refractivity contribution in [3.63, 3.8) is 0 Å². The number of hydrogen-bond acceptors (Lipinski definition) is 4. The van der Waals surface area contributed by atoms with Crippen LogP contribution >= 0.6 is 0 Å². The van der Waals surface area contributed by atoms with Crippen molar-refractivity contribution in [3.05, 3.63) is 60.9 Å². The molecule has 0 spiro atoms. The van der Waals surface area contributed by atoms with Gasteiger partial charge in [-0.3, -0.25) is 4.68 Å². The molecule has 0 unspecified atom stereocenters. The first kappa shape index (κ1) is 17.2. The Kier molecular flexibility index (Phi) is 4.58. The minimum atomic E-state index is 0.111. The van der Waals surface area contributed by atoms with E-state index in [2.05, 4.69) is 51.8 Å². The lowest BCUT2D eigenvalue weighted by Crippen LogP contribution is -2.15. The van der Waals surface area contributed by atoms with Crippen molar-refractivity contribution in [1.29, 1.82) is 0 Å². The zero-order valence-corrected chi connectivity index (χ0v) is 15.8. The molecule has 4 aromatic rings. The molecule has 0 radical (unpaired) electrons. The van der Waals surface area contributed by atoms with E-state index in [1.807, 2.05) is 47.1 Å². The van der Waals surface area contributed by atoms with Crippen molar-refractivity contribution in [2.24, 2.45) is 7.05 Å². The molecule has 3 aromatic heterocycles. The number of imidazole rings is 1. The molecule has 0 aliphatic rings. The summed E-state index contributed by atoms with van der Waals surface area (Å²) in [4.78, 5) is 9.34. The fourth-order valence-corrected chi connectivity index (χ4v) is 3.56. The second-order valence-corrected chi connectivity index (χ2v) is 6.42. The monoisotopic (exact) mass is 361 g/mol. The predicted octanol–water partition coefficient (Wildman–Crippen LogP) is 3.56. The molecule has 7 heteroatoms. The third-order valence-electron chi connectivity index (χ3n) is 4.89. The molecule has 7 nitrogen and oxygen atoms in total. The first-order valence-electron chi connectivity index (χ1n) is 9.22. The van der Waals surface area contributed by atoms with Crippen molar-refractivity contribution >= 4 is 0 Å². The molecule has 3 heterocycles. The Morgan fingerprint density at radius 2 is 1.81 bits per heavy atom. The molecule has 0 amide bonds. The van der Waals surface area contributed by atoms with Gasteiger partial charge in [0, 0.05) is 25.4 Å². The molecule has 0 aliphatic carbocycles. The van der Waals surface area contributed by atoms with Gasteiger partial charge in [0.05, 0.1) is 23.8 Å². The summed E-state index contributed by atoms with van der Waals surface area (Å²) in [6.07, 6.45) is 6.27. The van der Waals surface area contributed by atoms with E-state index in [0.717, 1.165) is 41.4 Å². The highest BCUT2D eigenvalue weighted by Crippen LogP contribution is 2.34. The summed E-state index contributed by atoms with van der Waals surface area (Å²) < 4.78 is 6.04. The number of hydrogen-bond donors (Lipinski definition) is 0. The largest absolute Gasteiger partial charge is 0.318 e. The molecule has 0 N–H and O–H groups in total. The van der Waals surface area contributed by atoms with E-state index in [-0.39, 0.29) is 6.04 Å². The van der Waals surface area contributed by atoms with E-state index in [0.29, 0.717) is 0 Å². The number of aryl methyl sites for hydroxylation is 2. The van der Waals surface area contributed by atoms with E-state index in [1.54, 1.807) is 6.33 Å². The van der Waals surface area contributed by atoms with Crippen molar-refractivity contribution < 1.29 is 0 Å². The van der Waals surface area contributed by atoms with Gasteiger partial charge >= 0.3 is 0 Å². The van der Waals surface area contributed by atoms with Crippen molar-refractivity contribution in [1.82, 2.24) is 34.1 Å². The third kappa shape index (κ3) is 2.95. The van der Waals surface area contributed by atoms with E-state index < -0.39 is 0 Å². The number of nitrogens with zero attached hydrogens (tertiary/aromatic N) is 7. The zero-order chi connectivity index (χ0) is 18.8. The van der Waals surface area contributed by atoms with Gasteiger partial charge in [-0.15, -0.1) is 0 Å². The molecular weight excluding hydrogens is 338 g/mol. The minimum absolute atomic E-state index is 0.111. The maximum absolute atomic E-state index is 4.78. The van der Waals surface area contributed by atoms with Gasteiger partial charge in [0.15, 0.2) is 5.82 Å². The van der Waals surface area contributed by atoms with E-state index in [4.69, 9.17) is 4.98 Å². The van der Waals surface area contributed by atoms with Crippen LogP contribution in [0.3, 0.4) is 0 Å². The van der Waals surface area contributed by atoms with Crippen LogP contribution in [0.5, 0.6) is 0 Å². The first-order chi connectivity index (χ1) is 13.2. The van der Waals surface area contributed by atoms with E-state index in [1.165, 1.54) is 0 Å². The lowest BCUT2D eigenvalue weighted by molar-refractivity contribution is 0.519. The van der Waals surface area contributed by atoms with Gasteiger partial charge in [-0.05, 0) is 19.4 Å². The fraction of sp³-hybridized carbons (Fsp3) is 0.300. The summed E-state index contributed by atoms with van der Waals surface area (Å²) in [5.74, 6) is 0.828. The lowest BCUT2D eigenvalue weighted by Gasteiger charge is -2.20. The molecule has 0 saturated heterocycles. The smallest absolute Gasteiger partial charge is 0.177 e. The Labute approximate surface area is 158 Å². The van der Waals surface area contributed by atoms with Gasteiger partial charge in [0.2, 0.25) is 0 Å². The highest BCUT2D eigenvalue weighted by molar-refractivity contribution is 5.75. The number of benzene rings is 1. The molecule has 138 valence electrons. The average Bonchev–Trinajstić information content (AvgIpc) is 3.43. The molecule has 0 saturated carbocycles. The maximum Gasteiger partial charge on any atom is 0.177 e. The second kappa shape index (κ2) is 7.19. The SMILES string of the molecule is CC[C@H](c1ccnn1C)n1cnc(-c2ccccc2)c1-c1ncnn1CC. The van der Waals surface area contributed by atoms with Gasteiger partial charge in [-0.2, -0.15) is 10.2 Å². The number of aromatic nitrogens is 7. The van der Waals surface area contributed by atoms with Crippen LogP contribution in [0.2, 0.25) is 0 Å². The standard InChI is InChI=1S/C20H23N7/c1-4-16(17-11-12-23-25(17)3)26-14-22-18(15-9-7-6-8-10-15)19(26)20-21-13-24-27(20)5-2/h6-14,16H,4-5H2,1-3H3/t16-/m1/s1. The molecule has 0 aliphatic heterocycles. The minimum Gasteiger partial charge on any atom is -0.318 e. The quantitative estimate of drug-likeness (QED) is 0.527.